The van der Waals surface area contributed by atoms with Gasteiger partial charge in [0.05, 0.1) is 22.5 Å². The van der Waals surface area contributed by atoms with Crippen LogP contribution in [0.1, 0.15) is 18.8 Å². The number of imidazole rings is 1. The van der Waals surface area contributed by atoms with Gasteiger partial charge in [-0.15, -0.1) is 0 Å². The largest absolute Gasteiger partial charge is 0.460 e. The zero-order valence-corrected chi connectivity index (χ0v) is 19.2. The highest BCUT2D eigenvalue weighted by atomic mass is 32.2. The highest BCUT2D eigenvalue weighted by Gasteiger charge is 2.83. The summed E-state index contributed by atoms with van der Waals surface area (Å²) >= 11 is 0. The first kappa shape index (κ1) is 28.3. The molecule has 19 heteroatoms. The van der Waals surface area contributed by atoms with Gasteiger partial charge in [-0.1, -0.05) is 6.92 Å². The molecule has 0 aliphatic heterocycles. The van der Waals surface area contributed by atoms with Crippen LogP contribution in [0.25, 0.3) is 17.3 Å². The molecule has 0 bridgehead atoms. The average molecular weight is 568 g/mol. The lowest BCUT2D eigenvalue weighted by Crippen LogP contribution is -2.62. The summed E-state index contributed by atoms with van der Waals surface area (Å²) in [7, 11) is -3.41. The van der Waals surface area contributed by atoms with E-state index in [-0.39, 0.29) is 16.6 Å². The zero-order chi connectivity index (χ0) is 28.2. The van der Waals surface area contributed by atoms with Crippen LogP contribution in [0.15, 0.2) is 35.9 Å². The van der Waals surface area contributed by atoms with E-state index < -0.39 is 67.8 Å². The minimum atomic E-state index is -7.30. The van der Waals surface area contributed by atoms with Crippen molar-refractivity contribution in [1.82, 2.24) is 29.3 Å². The fourth-order valence-corrected chi connectivity index (χ4v) is 4.09. The summed E-state index contributed by atoms with van der Waals surface area (Å²) in [6.45, 7) is 1.23. The van der Waals surface area contributed by atoms with Crippen molar-refractivity contribution in [2.75, 3.05) is 5.75 Å². The standard InChI is InChI=1S/C18H14F10N6O2S/c1-3-37(35,36)10-4-5-11(34-8-29-7-31-34)32-12(10)14-30-6-9(33(14)2)13(19)15(20,21)16(22,23)17(24,25)18(26,27)28/h4-8,13H,3H2,1-2H3/t13-/m0/s1. The topological polar surface area (TPSA) is 95.6 Å². The van der Waals surface area contributed by atoms with Crippen LogP contribution in [0, 0.1) is 0 Å². The van der Waals surface area contributed by atoms with Crippen LogP contribution in [0.4, 0.5) is 43.9 Å². The van der Waals surface area contributed by atoms with Crippen molar-refractivity contribution in [3.8, 4) is 17.3 Å². The van der Waals surface area contributed by atoms with Crippen molar-refractivity contribution < 1.29 is 52.3 Å². The predicted molar refractivity (Wildman–Crippen MR) is 104 cm³/mol. The summed E-state index contributed by atoms with van der Waals surface area (Å²) < 4.78 is 161. The van der Waals surface area contributed by atoms with Crippen molar-refractivity contribution in [3.63, 3.8) is 0 Å². The summed E-state index contributed by atoms with van der Waals surface area (Å²) in [4.78, 5) is 10.6. The predicted octanol–water partition coefficient (Wildman–Crippen LogP) is 4.34. The second-order valence-electron chi connectivity index (χ2n) is 7.46. The Morgan fingerprint density at radius 2 is 1.62 bits per heavy atom. The van der Waals surface area contributed by atoms with E-state index in [4.69, 9.17) is 0 Å². The Bertz CT molecular complexity index is 1390. The van der Waals surface area contributed by atoms with E-state index in [9.17, 15) is 52.3 Å². The molecule has 0 fully saturated rings. The van der Waals surface area contributed by atoms with Crippen LogP contribution in [0.5, 0.6) is 0 Å². The van der Waals surface area contributed by atoms with Gasteiger partial charge in [-0.25, -0.2) is 32.4 Å². The number of rotatable bonds is 8. The molecule has 37 heavy (non-hydrogen) atoms. The highest BCUT2D eigenvalue weighted by Crippen LogP contribution is 2.57. The van der Waals surface area contributed by atoms with E-state index in [1.807, 2.05) is 0 Å². The molecule has 0 radical (unpaired) electrons. The monoisotopic (exact) mass is 568 g/mol. The minimum absolute atomic E-state index is 0.106. The smallest absolute Gasteiger partial charge is 0.327 e. The third-order valence-corrected chi connectivity index (χ3v) is 6.95. The summed E-state index contributed by atoms with van der Waals surface area (Å²) in [5.41, 5.74) is -2.17. The lowest BCUT2D eigenvalue weighted by molar-refractivity contribution is -0.403. The summed E-state index contributed by atoms with van der Waals surface area (Å²) in [6.07, 6.45) is -9.21. The summed E-state index contributed by atoms with van der Waals surface area (Å²) in [6, 6.07) is 2.17. The quantitative estimate of drug-likeness (QED) is 0.376. The SMILES string of the molecule is CCS(=O)(=O)c1ccc(-n2cncn2)nc1-c1ncc([C@H](F)C(F)(F)C(F)(F)C(F)(F)C(F)(F)F)n1C. The second-order valence-corrected chi connectivity index (χ2v) is 9.70. The van der Waals surface area contributed by atoms with Crippen molar-refractivity contribution in [2.24, 2.45) is 7.05 Å². The van der Waals surface area contributed by atoms with E-state index >= 15 is 0 Å². The molecule has 0 aromatic carbocycles. The van der Waals surface area contributed by atoms with Gasteiger partial charge < -0.3 is 4.57 Å². The zero-order valence-electron chi connectivity index (χ0n) is 18.4. The van der Waals surface area contributed by atoms with Crippen LogP contribution in [-0.4, -0.2) is 67.4 Å². The number of alkyl halides is 10. The Morgan fingerprint density at radius 3 is 2.14 bits per heavy atom. The molecule has 3 rings (SSSR count). The summed E-state index contributed by atoms with van der Waals surface area (Å²) in [5.74, 6) is -22.4. The third-order valence-electron chi connectivity index (χ3n) is 5.19. The van der Waals surface area contributed by atoms with Gasteiger partial charge in [0, 0.05) is 7.05 Å². The number of hydrogen-bond acceptors (Lipinski definition) is 6. The molecule has 204 valence electrons. The molecule has 0 aliphatic rings. The molecule has 0 unspecified atom stereocenters. The van der Waals surface area contributed by atoms with Gasteiger partial charge in [0.1, 0.15) is 18.3 Å². The van der Waals surface area contributed by atoms with E-state index in [1.54, 1.807) is 0 Å². The molecule has 3 aromatic rings. The molecule has 0 N–H and O–H groups in total. The van der Waals surface area contributed by atoms with Crippen LogP contribution in [-0.2, 0) is 16.9 Å². The van der Waals surface area contributed by atoms with Gasteiger partial charge in [-0.2, -0.15) is 44.6 Å². The molecule has 0 saturated heterocycles. The number of nitrogens with zero attached hydrogens (tertiary/aromatic N) is 6. The van der Waals surface area contributed by atoms with E-state index in [2.05, 4.69) is 20.1 Å². The molecule has 3 aromatic heterocycles. The Balaban J connectivity index is 2.17. The summed E-state index contributed by atoms with van der Waals surface area (Å²) in [5, 5.41) is 3.75. The van der Waals surface area contributed by atoms with Gasteiger partial charge in [0.15, 0.2) is 21.5 Å². The Hall–Kier alpha value is -3.25. The van der Waals surface area contributed by atoms with Crippen LogP contribution >= 0.6 is 0 Å². The maximum Gasteiger partial charge on any atom is 0.460 e. The van der Waals surface area contributed by atoms with E-state index in [0.717, 1.165) is 29.5 Å². The molecule has 0 spiro atoms. The van der Waals surface area contributed by atoms with Gasteiger partial charge in [-0.3, -0.25) is 0 Å². The molecule has 8 nitrogen and oxygen atoms in total. The fourth-order valence-electron chi connectivity index (χ4n) is 3.07. The van der Waals surface area contributed by atoms with Crippen LogP contribution in [0.3, 0.4) is 0 Å². The maximum absolute atomic E-state index is 14.7. The number of hydrogen-bond donors (Lipinski definition) is 0. The highest BCUT2D eigenvalue weighted by molar-refractivity contribution is 7.91. The van der Waals surface area contributed by atoms with Crippen LogP contribution in [0.2, 0.25) is 0 Å². The first-order chi connectivity index (χ1) is 16.8. The van der Waals surface area contributed by atoms with Crippen LogP contribution < -0.4 is 0 Å². The van der Waals surface area contributed by atoms with Crippen molar-refractivity contribution in [3.05, 3.63) is 36.7 Å². The first-order valence-corrected chi connectivity index (χ1v) is 11.4. The number of aromatic nitrogens is 6. The van der Waals surface area contributed by atoms with Gasteiger partial charge in [0.2, 0.25) is 6.17 Å². The molecule has 0 saturated carbocycles. The molecule has 3 heterocycles. The van der Waals surface area contributed by atoms with Gasteiger partial charge in [-0.05, 0) is 12.1 Å². The minimum Gasteiger partial charge on any atom is -0.327 e. The van der Waals surface area contributed by atoms with E-state index in [0.29, 0.717) is 7.05 Å². The Kier molecular flexibility index (Phi) is 6.85. The lowest BCUT2D eigenvalue weighted by Gasteiger charge is -2.35. The molecular formula is C18H14F10N6O2S. The van der Waals surface area contributed by atoms with Crippen molar-refractivity contribution in [1.29, 1.82) is 0 Å². The molecule has 1 atom stereocenters. The average Bonchev–Trinajstić information content (AvgIpc) is 3.47. The van der Waals surface area contributed by atoms with Gasteiger partial charge >= 0.3 is 23.9 Å². The number of halogens is 10. The first-order valence-electron chi connectivity index (χ1n) is 9.76. The molecule has 0 amide bonds. The normalized spacial score (nSPS) is 14.7. The second kappa shape index (κ2) is 8.95. The Labute approximate surface area is 200 Å². The lowest BCUT2D eigenvalue weighted by atomic mass is 9.98. The third kappa shape index (κ3) is 4.42. The maximum atomic E-state index is 14.7. The van der Waals surface area contributed by atoms with Gasteiger partial charge in [0.25, 0.3) is 0 Å². The molecular weight excluding hydrogens is 554 g/mol. The molecule has 0 aliphatic carbocycles. The Morgan fingerprint density at radius 1 is 1.00 bits per heavy atom. The number of pyridine rings is 1. The number of sulfone groups is 1. The fraction of sp³-hybridized carbons (Fsp3) is 0.444. The van der Waals surface area contributed by atoms with Crippen molar-refractivity contribution >= 4 is 9.84 Å². The van der Waals surface area contributed by atoms with E-state index in [1.165, 1.54) is 6.92 Å². The van der Waals surface area contributed by atoms with Crippen molar-refractivity contribution in [2.45, 2.75) is 41.9 Å².